The molecule has 4 rings (SSSR count). The van der Waals surface area contributed by atoms with Crippen molar-refractivity contribution in [2.75, 3.05) is 13.1 Å². The monoisotopic (exact) mass is 328 g/mol. The molecule has 3 heterocycles. The van der Waals surface area contributed by atoms with Gasteiger partial charge in [-0.1, -0.05) is 19.3 Å². The number of rotatable bonds is 1. The third kappa shape index (κ3) is 2.64. The van der Waals surface area contributed by atoms with Gasteiger partial charge in [-0.05, 0) is 30.7 Å². The Morgan fingerprint density at radius 1 is 1.12 bits per heavy atom. The summed E-state index contributed by atoms with van der Waals surface area (Å²) in [7, 11) is 0. The molecule has 0 aromatic carbocycles. The van der Waals surface area contributed by atoms with Crippen LogP contribution in [-0.4, -0.2) is 38.8 Å². The SMILES string of the molecule is O=C(c1cnc2[nH]c(=O)[nH]c(=O)c2c1)N1CC[C@H]2CCCC[C@@H]2C1. The molecule has 2 N–H and O–H groups in total. The van der Waals surface area contributed by atoms with E-state index in [1.807, 2.05) is 4.90 Å². The van der Waals surface area contributed by atoms with E-state index >= 15 is 0 Å². The van der Waals surface area contributed by atoms with Crippen LogP contribution in [0.25, 0.3) is 11.0 Å². The van der Waals surface area contributed by atoms with Crippen LogP contribution in [0.5, 0.6) is 0 Å². The molecule has 24 heavy (non-hydrogen) atoms. The minimum Gasteiger partial charge on any atom is -0.338 e. The summed E-state index contributed by atoms with van der Waals surface area (Å²) in [5, 5.41) is 0.230. The molecule has 1 aliphatic heterocycles. The Kier molecular flexibility index (Phi) is 3.70. The van der Waals surface area contributed by atoms with Gasteiger partial charge in [-0.2, -0.15) is 0 Å². The van der Waals surface area contributed by atoms with Crippen LogP contribution in [0, 0.1) is 11.8 Å². The number of piperidine rings is 1. The molecule has 1 amide bonds. The molecule has 2 atom stereocenters. The minimum absolute atomic E-state index is 0.0842. The first-order chi connectivity index (χ1) is 11.6. The van der Waals surface area contributed by atoms with E-state index in [0.29, 0.717) is 11.5 Å². The fourth-order valence-electron chi connectivity index (χ4n) is 4.13. The van der Waals surface area contributed by atoms with E-state index in [1.165, 1.54) is 37.9 Å². The van der Waals surface area contributed by atoms with Gasteiger partial charge in [-0.3, -0.25) is 19.6 Å². The number of amides is 1. The van der Waals surface area contributed by atoms with Crippen LogP contribution in [-0.2, 0) is 0 Å². The van der Waals surface area contributed by atoms with E-state index in [2.05, 4.69) is 15.0 Å². The van der Waals surface area contributed by atoms with Crippen molar-refractivity contribution in [3.8, 4) is 0 Å². The van der Waals surface area contributed by atoms with Crippen LogP contribution in [0.1, 0.15) is 42.5 Å². The second kappa shape index (κ2) is 5.89. The highest BCUT2D eigenvalue weighted by molar-refractivity contribution is 5.96. The van der Waals surface area contributed by atoms with Crippen molar-refractivity contribution in [1.29, 1.82) is 0 Å². The maximum absolute atomic E-state index is 12.8. The number of carbonyl (C=O) groups is 1. The number of hydrogen-bond acceptors (Lipinski definition) is 4. The van der Waals surface area contributed by atoms with Crippen LogP contribution >= 0.6 is 0 Å². The molecule has 126 valence electrons. The predicted octanol–water partition coefficient (Wildman–Crippen LogP) is 1.26. The third-order valence-corrected chi connectivity index (χ3v) is 5.42. The highest BCUT2D eigenvalue weighted by Gasteiger charge is 2.33. The third-order valence-electron chi connectivity index (χ3n) is 5.42. The van der Waals surface area contributed by atoms with Gasteiger partial charge >= 0.3 is 5.69 Å². The van der Waals surface area contributed by atoms with E-state index in [4.69, 9.17) is 0 Å². The Bertz CT molecular complexity index is 901. The van der Waals surface area contributed by atoms with Crippen molar-refractivity contribution >= 4 is 16.9 Å². The number of nitrogens with zero attached hydrogens (tertiary/aromatic N) is 2. The lowest BCUT2D eigenvalue weighted by Gasteiger charge is -2.41. The highest BCUT2D eigenvalue weighted by Crippen LogP contribution is 2.36. The Hall–Kier alpha value is -2.44. The Labute approximate surface area is 138 Å². The maximum Gasteiger partial charge on any atom is 0.327 e. The molecular formula is C17H20N4O3. The molecule has 7 heteroatoms. The first kappa shape index (κ1) is 15.1. The lowest BCUT2D eigenvalue weighted by molar-refractivity contribution is 0.0520. The average molecular weight is 328 g/mol. The van der Waals surface area contributed by atoms with Gasteiger partial charge < -0.3 is 4.90 Å². The Balaban J connectivity index is 1.61. The number of H-pyrrole nitrogens is 2. The normalized spacial score (nSPS) is 23.9. The van der Waals surface area contributed by atoms with Gasteiger partial charge in [0.1, 0.15) is 5.65 Å². The van der Waals surface area contributed by atoms with Crippen molar-refractivity contribution in [1.82, 2.24) is 19.9 Å². The van der Waals surface area contributed by atoms with E-state index < -0.39 is 11.2 Å². The fraction of sp³-hybridized carbons (Fsp3) is 0.529. The van der Waals surface area contributed by atoms with Crippen molar-refractivity contribution in [3.05, 3.63) is 38.7 Å². The summed E-state index contributed by atoms with van der Waals surface area (Å²) >= 11 is 0. The van der Waals surface area contributed by atoms with Crippen molar-refractivity contribution < 1.29 is 4.79 Å². The zero-order valence-electron chi connectivity index (χ0n) is 13.4. The van der Waals surface area contributed by atoms with Gasteiger partial charge in [0, 0.05) is 19.3 Å². The van der Waals surface area contributed by atoms with Crippen LogP contribution in [0.4, 0.5) is 0 Å². The topological polar surface area (TPSA) is 98.9 Å². The van der Waals surface area contributed by atoms with E-state index in [-0.39, 0.29) is 16.9 Å². The molecule has 7 nitrogen and oxygen atoms in total. The maximum atomic E-state index is 12.8. The number of aromatic nitrogens is 3. The lowest BCUT2D eigenvalue weighted by atomic mass is 9.75. The van der Waals surface area contributed by atoms with Gasteiger partial charge in [0.05, 0.1) is 10.9 Å². The smallest absolute Gasteiger partial charge is 0.327 e. The van der Waals surface area contributed by atoms with Crippen LogP contribution in [0.15, 0.2) is 21.9 Å². The standard InChI is InChI=1S/C17H20N4O3/c22-15-13-7-12(8-18-14(13)19-17(24)20-15)16(23)21-6-5-10-3-1-2-4-11(10)9-21/h7-8,10-11H,1-6,9H2,(H2,18,19,20,22,24)/t10-,11-/m1/s1. The molecule has 1 saturated heterocycles. The highest BCUT2D eigenvalue weighted by atomic mass is 16.2. The first-order valence-electron chi connectivity index (χ1n) is 8.53. The van der Waals surface area contributed by atoms with Crippen LogP contribution in [0.2, 0.25) is 0 Å². The summed E-state index contributed by atoms with van der Waals surface area (Å²) in [6.07, 6.45) is 7.55. The summed E-state index contributed by atoms with van der Waals surface area (Å²) in [4.78, 5) is 46.6. The molecule has 0 radical (unpaired) electrons. The molecule has 2 aromatic rings. The number of pyridine rings is 1. The first-order valence-corrected chi connectivity index (χ1v) is 8.53. The van der Waals surface area contributed by atoms with Gasteiger partial charge in [0.2, 0.25) is 0 Å². The fourth-order valence-corrected chi connectivity index (χ4v) is 4.13. The number of hydrogen-bond donors (Lipinski definition) is 2. The average Bonchev–Trinajstić information content (AvgIpc) is 2.60. The molecule has 0 spiro atoms. The van der Waals surface area contributed by atoms with E-state index in [0.717, 1.165) is 25.4 Å². The number of nitrogens with one attached hydrogen (secondary N) is 2. The molecule has 0 unspecified atom stereocenters. The van der Waals surface area contributed by atoms with E-state index in [1.54, 1.807) is 0 Å². The Morgan fingerprint density at radius 2 is 1.92 bits per heavy atom. The molecule has 0 bridgehead atoms. The van der Waals surface area contributed by atoms with Gasteiger partial charge in [-0.15, -0.1) is 0 Å². The molecule has 2 aliphatic rings. The molecule has 2 fully saturated rings. The zero-order chi connectivity index (χ0) is 16.7. The lowest BCUT2D eigenvalue weighted by Crippen LogP contribution is -2.44. The summed E-state index contributed by atoms with van der Waals surface area (Å²) in [6.45, 7) is 1.56. The quantitative estimate of drug-likeness (QED) is 0.823. The molecule has 2 aromatic heterocycles. The van der Waals surface area contributed by atoms with Crippen LogP contribution < -0.4 is 11.2 Å². The van der Waals surface area contributed by atoms with Crippen LogP contribution in [0.3, 0.4) is 0 Å². The molecular weight excluding hydrogens is 308 g/mol. The van der Waals surface area contributed by atoms with Gasteiger partial charge in [-0.25, -0.2) is 9.78 Å². The number of likely N-dealkylation sites (tertiary alicyclic amines) is 1. The predicted molar refractivity (Wildman–Crippen MR) is 89.0 cm³/mol. The second-order valence-electron chi connectivity index (χ2n) is 6.87. The summed E-state index contributed by atoms with van der Waals surface area (Å²) < 4.78 is 0. The molecule has 1 saturated carbocycles. The van der Waals surface area contributed by atoms with E-state index in [9.17, 15) is 14.4 Å². The van der Waals surface area contributed by atoms with Gasteiger partial charge in [0.25, 0.3) is 11.5 Å². The number of aromatic amines is 2. The summed E-state index contributed by atoms with van der Waals surface area (Å²) in [5.41, 5.74) is -0.527. The largest absolute Gasteiger partial charge is 0.338 e. The van der Waals surface area contributed by atoms with Gasteiger partial charge in [0.15, 0.2) is 0 Å². The minimum atomic E-state index is -0.599. The van der Waals surface area contributed by atoms with Crippen molar-refractivity contribution in [2.45, 2.75) is 32.1 Å². The summed E-state index contributed by atoms with van der Waals surface area (Å²) in [5.74, 6) is 1.27. The summed E-state index contributed by atoms with van der Waals surface area (Å²) in [6, 6.07) is 1.52. The molecule has 1 aliphatic carbocycles. The zero-order valence-corrected chi connectivity index (χ0v) is 13.4. The van der Waals surface area contributed by atoms with Crippen molar-refractivity contribution in [3.63, 3.8) is 0 Å². The second-order valence-corrected chi connectivity index (χ2v) is 6.87. The Morgan fingerprint density at radius 3 is 2.75 bits per heavy atom. The van der Waals surface area contributed by atoms with Crippen molar-refractivity contribution in [2.24, 2.45) is 11.8 Å². The number of carbonyl (C=O) groups excluding carboxylic acids is 1. The number of fused-ring (bicyclic) bond motifs is 2.